The van der Waals surface area contributed by atoms with Gasteiger partial charge in [-0.25, -0.2) is 8.42 Å². The predicted molar refractivity (Wildman–Crippen MR) is 139 cm³/mol. The van der Waals surface area contributed by atoms with Crippen molar-refractivity contribution in [3.8, 4) is 0 Å². The smallest absolute Gasteiger partial charge is 0.186 e. The van der Waals surface area contributed by atoms with E-state index in [2.05, 4.69) is 0 Å². The molecule has 5 nitrogen and oxygen atoms in total. The molecule has 0 heterocycles. The van der Waals surface area contributed by atoms with Gasteiger partial charge in [0.05, 0.1) is 29.3 Å². The van der Waals surface area contributed by atoms with Gasteiger partial charge in [0.2, 0.25) is 0 Å². The second-order valence-electron chi connectivity index (χ2n) is 9.68. The SMILES string of the molecule is Cc1ccc(S(=O)(=O)[C@@H]([C@@H](O)C[C@H](CCc2ccccc2)OCc2ccccc2)C(C)(C)O)cc1. The Morgan fingerprint density at radius 1 is 0.857 bits per heavy atom. The minimum atomic E-state index is -4.01. The first-order valence-electron chi connectivity index (χ1n) is 12.0. The Labute approximate surface area is 209 Å². The summed E-state index contributed by atoms with van der Waals surface area (Å²) in [5.74, 6) is 0. The lowest BCUT2D eigenvalue weighted by atomic mass is 9.94. The van der Waals surface area contributed by atoms with Crippen molar-refractivity contribution in [1.29, 1.82) is 0 Å². The minimum Gasteiger partial charge on any atom is -0.392 e. The largest absolute Gasteiger partial charge is 0.392 e. The van der Waals surface area contributed by atoms with Crippen molar-refractivity contribution in [2.75, 3.05) is 0 Å². The van der Waals surface area contributed by atoms with Crippen LogP contribution in [0.25, 0.3) is 0 Å². The van der Waals surface area contributed by atoms with Crippen molar-refractivity contribution < 1.29 is 23.4 Å². The maximum Gasteiger partial charge on any atom is 0.186 e. The van der Waals surface area contributed by atoms with Crippen LogP contribution in [0.4, 0.5) is 0 Å². The number of aryl methyl sites for hydroxylation is 2. The zero-order valence-electron chi connectivity index (χ0n) is 20.7. The lowest BCUT2D eigenvalue weighted by molar-refractivity contribution is -0.0260. The van der Waals surface area contributed by atoms with Gasteiger partial charge in [-0.3, -0.25) is 0 Å². The molecular weight excluding hydrogens is 460 g/mol. The zero-order valence-corrected chi connectivity index (χ0v) is 21.5. The predicted octanol–water partition coefficient (Wildman–Crippen LogP) is 4.88. The Morgan fingerprint density at radius 3 is 1.94 bits per heavy atom. The lowest BCUT2D eigenvalue weighted by Gasteiger charge is -2.34. The third-order valence-electron chi connectivity index (χ3n) is 6.16. The Kier molecular flexibility index (Phi) is 9.25. The van der Waals surface area contributed by atoms with E-state index in [0.717, 1.165) is 23.1 Å². The first-order chi connectivity index (χ1) is 16.6. The fourth-order valence-corrected chi connectivity index (χ4v) is 6.45. The normalized spacial score (nSPS) is 14.9. The highest BCUT2D eigenvalue weighted by Crippen LogP contribution is 2.30. The summed E-state index contributed by atoms with van der Waals surface area (Å²) in [6.07, 6.45) is -0.303. The van der Waals surface area contributed by atoms with Crippen LogP contribution in [0.1, 0.15) is 43.4 Å². The van der Waals surface area contributed by atoms with E-state index in [4.69, 9.17) is 4.74 Å². The molecule has 188 valence electrons. The molecule has 3 atom stereocenters. The van der Waals surface area contributed by atoms with Gasteiger partial charge < -0.3 is 14.9 Å². The molecule has 0 aliphatic heterocycles. The maximum absolute atomic E-state index is 13.5. The Hall–Kier alpha value is -2.51. The maximum atomic E-state index is 13.5. The van der Waals surface area contributed by atoms with Crippen LogP contribution >= 0.6 is 0 Å². The molecule has 0 aliphatic carbocycles. The van der Waals surface area contributed by atoms with Crippen LogP contribution in [0.2, 0.25) is 0 Å². The van der Waals surface area contributed by atoms with Gasteiger partial charge in [0.1, 0.15) is 5.25 Å². The molecule has 3 aromatic rings. The summed E-state index contributed by atoms with van der Waals surface area (Å²) < 4.78 is 33.2. The topological polar surface area (TPSA) is 83.8 Å². The highest BCUT2D eigenvalue weighted by Gasteiger charge is 2.44. The molecule has 0 spiro atoms. The van der Waals surface area contributed by atoms with Gasteiger partial charge in [0, 0.05) is 6.42 Å². The molecule has 3 aromatic carbocycles. The number of hydrogen-bond donors (Lipinski definition) is 2. The molecule has 0 aromatic heterocycles. The van der Waals surface area contributed by atoms with Crippen molar-refractivity contribution >= 4 is 9.84 Å². The van der Waals surface area contributed by atoms with Crippen molar-refractivity contribution in [2.24, 2.45) is 0 Å². The van der Waals surface area contributed by atoms with Crippen LogP contribution in [0.15, 0.2) is 89.8 Å². The summed E-state index contributed by atoms with van der Waals surface area (Å²) >= 11 is 0. The third-order valence-corrected chi connectivity index (χ3v) is 8.65. The molecule has 0 amide bonds. The van der Waals surface area contributed by atoms with E-state index in [-0.39, 0.29) is 11.3 Å². The number of sulfone groups is 1. The van der Waals surface area contributed by atoms with Gasteiger partial charge >= 0.3 is 0 Å². The van der Waals surface area contributed by atoms with E-state index < -0.39 is 32.9 Å². The van der Waals surface area contributed by atoms with Crippen molar-refractivity contribution in [3.05, 3.63) is 102 Å². The van der Waals surface area contributed by atoms with Crippen molar-refractivity contribution in [1.82, 2.24) is 0 Å². The van der Waals surface area contributed by atoms with Gasteiger partial charge in [-0.05, 0) is 56.9 Å². The zero-order chi connectivity index (χ0) is 25.5. The van der Waals surface area contributed by atoms with Gasteiger partial charge in [-0.2, -0.15) is 0 Å². The molecule has 0 fully saturated rings. The Morgan fingerprint density at radius 2 is 1.40 bits per heavy atom. The highest BCUT2D eigenvalue weighted by molar-refractivity contribution is 7.92. The van der Waals surface area contributed by atoms with E-state index in [1.807, 2.05) is 67.6 Å². The number of ether oxygens (including phenoxy) is 1. The van der Waals surface area contributed by atoms with E-state index in [0.29, 0.717) is 13.0 Å². The molecule has 0 bridgehead atoms. The van der Waals surface area contributed by atoms with Gasteiger partial charge in [0.25, 0.3) is 0 Å². The van der Waals surface area contributed by atoms with Crippen LogP contribution in [-0.2, 0) is 27.6 Å². The molecule has 35 heavy (non-hydrogen) atoms. The standard InChI is InChI=1S/C29H36O5S/c1-22-14-18-26(19-15-22)35(32,33)28(29(2,3)31)27(30)20-25(17-16-23-10-6-4-7-11-23)34-21-24-12-8-5-9-13-24/h4-15,18-19,25,27-28,30-31H,16-17,20-21H2,1-3H3/t25-,27-,28-/m0/s1. The van der Waals surface area contributed by atoms with Gasteiger partial charge in [0.15, 0.2) is 9.84 Å². The Balaban J connectivity index is 1.81. The van der Waals surface area contributed by atoms with E-state index in [1.54, 1.807) is 12.1 Å². The molecule has 0 unspecified atom stereocenters. The fraction of sp³-hybridized carbons (Fsp3) is 0.379. The van der Waals surface area contributed by atoms with E-state index in [9.17, 15) is 18.6 Å². The Bertz CT molecular complexity index is 1090. The molecule has 0 aliphatic rings. The number of aliphatic hydroxyl groups is 2. The average molecular weight is 497 g/mol. The second-order valence-corrected chi connectivity index (χ2v) is 11.7. The fourth-order valence-electron chi connectivity index (χ4n) is 4.35. The molecule has 3 rings (SSSR count). The van der Waals surface area contributed by atoms with Crippen molar-refractivity contribution in [3.63, 3.8) is 0 Å². The quantitative estimate of drug-likeness (QED) is 0.373. The molecular formula is C29H36O5S. The van der Waals surface area contributed by atoms with Crippen LogP contribution in [-0.4, -0.2) is 41.7 Å². The summed E-state index contributed by atoms with van der Waals surface area (Å²) in [4.78, 5) is 0.0836. The van der Waals surface area contributed by atoms with Crippen LogP contribution in [0, 0.1) is 6.92 Å². The summed E-state index contributed by atoms with van der Waals surface area (Å²) in [6.45, 7) is 5.08. The van der Waals surface area contributed by atoms with Crippen LogP contribution in [0.3, 0.4) is 0 Å². The third kappa shape index (κ3) is 7.74. The van der Waals surface area contributed by atoms with Gasteiger partial charge in [-0.1, -0.05) is 78.4 Å². The number of hydrogen-bond acceptors (Lipinski definition) is 5. The summed E-state index contributed by atoms with van der Waals surface area (Å²) in [5.41, 5.74) is 1.41. The summed E-state index contributed by atoms with van der Waals surface area (Å²) in [5, 5.41) is 20.7. The first-order valence-corrected chi connectivity index (χ1v) is 13.5. The molecule has 2 N–H and O–H groups in total. The number of rotatable bonds is 12. The molecule has 0 saturated carbocycles. The molecule has 6 heteroatoms. The number of benzene rings is 3. The second kappa shape index (κ2) is 12.0. The summed E-state index contributed by atoms with van der Waals surface area (Å²) in [6, 6.07) is 26.2. The monoisotopic (exact) mass is 496 g/mol. The van der Waals surface area contributed by atoms with Crippen LogP contribution < -0.4 is 0 Å². The first kappa shape index (κ1) is 27.1. The van der Waals surface area contributed by atoms with Crippen LogP contribution in [0.5, 0.6) is 0 Å². The molecule has 0 saturated heterocycles. The minimum absolute atomic E-state index is 0.0828. The highest BCUT2D eigenvalue weighted by atomic mass is 32.2. The number of aliphatic hydroxyl groups excluding tert-OH is 1. The molecule has 0 radical (unpaired) electrons. The van der Waals surface area contributed by atoms with Crippen molar-refractivity contribution in [2.45, 2.75) is 74.6 Å². The van der Waals surface area contributed by atoms with E-state index >= 15 is 0 Å². The lowest BCUT2D eigenvalue weighted by Crippen LogP contribution is -2.51. The summed E-state index contributed by atoms with van der Waals surface area (Å²) in [7, 11) is -4.01. The van der Waals surface area contributed by atoms with Gasteiger partial charge in [-0.15, -0.1) is 0 Å². The van der Waals surface area contributed by atoms with E-state index in [1.165, 1.54) is 26.0 Å². The average Bonchev–Trinajstić information content (AvgIpc) is 2.81.